The van der Waals surface area contributed by atoms with Gasteiger partial charge in [-0.25, -0.2) is 0 Å². The van der Waals surface area contributed by atoms with Crippen molar-refractivity contribution in [2.24, 2.45) is 11.7 Å². The summed E-state index contributed by atoms with van der Waals surface area (Å²) < 4.78 is 5.46. The monoisotopic (exact) mass is 208 g/mol. The Bertz CT molecular complexity index is 311. The molecule has 15 heavy (non-hydrogen) atoms. The summed E-state index contributed by atoms with van der Waals surface area (Å²) in [5.74, 6) is 1.78. The van der Waals surface area contributed by atoms with E-state index in [0.29, 0.717) is 12.0 Å². The lowest BCUT2D eigenvalue weighted by Gasteiger charge is -2.34. The first-order valence-corrected chi connectivity index (χ1v) is 5.66. The van der Waals surface area contributed by atoms with E-state index in [-0.39, 0.29) is 0 Å². The molecule has 0 spiro atoms. The molecule has 1 fully saturated rings. The number of nitrogens with two attached hydrogens (primary N) is 1. The number of furan rings is 1. The fraction of sp³-hybridized carbons (Fsp3) is 0.667. The molecule has 2 atom stereocenters. The molecule has 2 N–H and O–H groups in total. The zero-order valence-corrected chi connectivity index (χ0v) is 9.57. The van der Waals surface area contributed by atoms with Crippen LogP contribution in [0.5, 0.6) is 0 Å². The first kappa shape index (κ1) is 10.7. The van der Waals surface area contributed by atoms with Gasteiger partial charge in [0.2, 0.25) is 0 Å². The molecule has 0 aliphatic carbocycles. The highest BCUT2D eigenvalue weighted by Crippen LogP contribution is 2.19. The van der Waals surface area contributed by atoms with Crippen molar-refractivity contribution in [3.63, 3.8) is 0 Å². The van der Waals surface area contributed by atoms with E-state index >= 15 is 0 Å². The van der Waals surface area contributed by atoms with Gasteiger partial charge in [0.1, 0.15) is 5.76 Å². The van der Waals surface area contributed by atoms with E-state index in [1.807, 2.05) is 6.07 Å². The Hall–Kier alpha value is -0.800. The van der Waals surface area contributed by atoms with Crippen LogP contribution in [0.25, 0.3) is 0 Å². The van der Waals surface area contributed by atoms with Crippen LogP contribution in [0.4, 0.5) is 0 Å². The van der Waals surface area contributed by atoms with Gasteiger partial charge in [0, 0.05) is 19.1 Å². The summed E-state index contributed by atoms with van der Waals surface area (Å²) in [7, 11) is 0. The Balaban J connectivity index is 1.97. The zero-order valence-electron chi connectivity index (χ0n) is 9.57. The Labute approximate surface area is 91.2 Å². The molecule has 1 saturated heterocycles. The third kappa shape index (κ3) is 2.61. The smallest absolute Gasteiger partial charge is 0.120 e. The van der Waals surface area contributed by atoms with Gasteiger partial charge in [-0.3, -0.25) is 4.90 Å². The summed E-state index contributed by atoms with van der Waals surface area (Å²) in [6.45, 7) is 7.38. The fourth-order valence-electron chi connectivity index (χ4n) is 2.41. The van der Waals surface area contributed by atoms with Gasteiger partial charge in [0.25, 0.3) is 0 Å². The van der Waals surface area contributed by atoms with Crippen LogP contribution in [0.3, 0.4) is 0 Å². The van der Waals surface area contributed by atoms with Crippen molar-refractivity contribution < 1.29 is 4.42 Å². The Morgan fingerprint density at radius 2 is 2.33 bits per heavy atom. The Morgan fingerprint density at radius 3 is 2.93 bits per heavy atom. The van der Waals surface area contributed by atoms with Gasteiger partial charge in [-0.15, -0.1) is 0 Å². The molecule has 1 aromatic rings. The number of piperidine rings is 1. The maximum absolute atomic E-state index is 6.01. The third-order valence-corrected chi connectivity index (χ3v) is 3.10. The molecule has 0 aromatic carbocycles. The van der Waals surface area contributed by atoms with Crippen LogP contribution in [0, 0.1) is 12.8 Å². The zero-order chi connectivity index (χ0) is 10.8. The van der Waals surface area contributed by atoms with Crippen LogP contribution < -0.4 is 5.73 Å². The second kappa shape index (κ2) is 4.37. The van der Waals surface area contributed by atoms with Gasteiger partial charge in [0.05, 0.1) is 12.8 Å². The van der Waals surface area contributed by atoms with E-state index in [4.69, 9.17) is 10.2 Å². The molecule has 2 heterocycles. The molecule has 3 nitrogen and oxygen atoms in total. The van der Waals surface area contributed by atoms with Gasteiger partial charge in [-0.2, -0.15) is 0 Å². The SMILES string of the molecule is Cc1ccoc1CN1CC(C)CC(N)C1. The van der Waals surface area contributed by atoms with Gasteiger partial charge in [0.15, 0.2) is 0 Å². The van der Waals surface area contributed by atoms with Crippen LogP contribution >= 0.6 is 0 Å². The number of likely N-dealkylation sites (tertiary alicyclic amines) is 1. The maximum Gasteiger partial charge on any atom is 0.120 e. The Morgan fingerprint density at radius 1 is 1.53 bits per heavy atom. The number of hydrogen-bond donors (Lipinski definition) is 1. The average Bonchev–Trinajstić information content (AvgIpc) is 2.50. The summed E-state index contributed by atoms with van der Waals surface area (Å²) >= 11 is 0. The molecule has 1 aliphatic rings. The van der Waals surface area contributed by atoms with Crippen molar-refractivity contribution in [3.8, 4) is 0 Å². The van der Waals surface area contributed by atoms with Gasteiger partial charge in [-0.1, -0.05) is 6.92 Å². The molecular formula is C12H20N2O. The first-order valence-electron chi connectivity index (χ1n) is 5.66. The van der Waals surface area contributed by atoms with E-state index < -0.39 is 0 Å². The average molecular weight is 208 g/mol. The van der Waals surface area contributed by atoms with Crippen LogP contribution in [0.15, 0.2) is 16.7 Å². The van der Waals surface area contributed by atoms with Crippen LogP contribution in [0.2, 0.25) is 0 Å². The summed E-state index contributed by atoms with van der Waals surface area (Å²) in [5, 5.41) is 0. The molecule has 0 saturated carbocycles. The molecular weight excluding hydrogens is 188 g/mol. The largest absolute Gasteiger partial charge is 0.468 e. The molecule has 3 heteroatoms. The quantitative estimate of drug-likeness (QED) is 0.805. The van der Waals surface area contributed by atoms with Crippen LogP contribution in [0.1, 0.15) is 24.7 Å². The van der Waals surface area contributed by atoms with Gasteiger partial charge < -0.3 is 10.2 Å². The van der Waals surface area contributed by atoms with Crippen LogP contribution in [-0.2, 0) is 6.54 Å². The van der Waals surface area contributed by atoms with Gasteiger partial charge >= 0.3 is 0 Å². The third-order valence-electron chi connectivity index (χ3n) is 3.10. The van der Waals surface area contributed by atoms with E-state index in [1.165, 1.54) is 5.56 Å². The molecule has 0 radical (unpaired) electrons. The van der Waals surface area contributed by atoms with E-state index in [9.17, 15) is 0 Å². The molecule has 1 aromatic heterocycles. The van der Waals surface area contributed by atoms with Crippen molar-refractivity contribution in [1.29, 1.82) is 0 Å². The molecule has 0 amide bonds. The minimum atomic E-state index is 0.323. The van der Waals surface area contributed by atoms with Crippen molar-refractivity contribution in [2.45, 2.75) is 32.9 Å². The number of aryl methyl sites for hydroxylation is 1. The highest BCUT2D eigenvalue weighted by atomic mass is 16.3. The molecule has 84 valence electrons. The predicted molar refractivity (Wildman–Crippen MR) is 60.5 cm³/mol. The highest BCUT2D eigenvalue weighted by molar-refractivity contribution is 5.14. The summed E-state index contributed by atoms with van der Waals surface area (Å²) in [6.07, 6.45) is 2.91. The lowest BCUT2D eigenvalue weighted by Crippen LogP contribution is -2.45. The van der Waals surface area contributed by atoms with Crippen molar-refractivity contribution in [3.05, 3.63) is 23.7 Å². The highest BCUT2D eigenvalue weighted by Gasteiger charge is 2.22. The van der Waals surface area contributed by atoms with Crippen LogP contribution in [-0.4, -0.2) is 24.0 Å². The molecule has 2 rings (SSSR count). The fourth-order valence-corrected chi connectivity index (χ4v) is 2.41. The topological polar surface area (TPSA) is 42.4 Å². The molecule has 1 aliphatic heterocycles. The van der Waals surface area contributed by atoms with E-state index in [0.717, 1.165) is 31.8 Å². The number of hydrogen-bond acceptors (Lipinski definition) is 3. The second-order valence-corrected chi connectivity index (χ2v) is 4.82. The maximum atomic E-state index is 6.01. The standard InChI is InChI=1S/C12H20N2O/c1-9-5-11(13)7-14(6-9)8-12-10(2)3-4-15-12/h3-4,9,11H,5-8,13H2,1-2H3. The second-order valence-electron chi connectivity index (χ2n) is 4.82. The van der Waals surface area contributed by atoms with Crippen molar-refractivity contribution >= 4 is 0 Å². The normalized spacial score (nSPS) is 28.2. The molecule has 0 bridgehead atoms. The van der Waals surface area contributed by atoms with E-state index in [1.54, 1.807) is 6.26 Å². The minimum Gasteiger partial charge on any atom is -0.468 e. The van der Waals surface area contributed by atoms with Crippen molar-refractivity contribution in [2.75, 3.05) is 13.1 Å². The first-order chi connectivity index (χ1) is 7.15. The molecule has 2 unspecified atom stereocenters. The van der Waals surface area contributed by atoms with Crippen molar-refractivity contribution in [1.82, 2.24) is 4.90 Å². The number of rotatable bonds is 2. The minimum absolute atomic E-state index is 0.323. The predicted octanol–water partition coefficient (Wildman–Crippen LogP) is 1.76. The summed E-state index contributed by atoms with van der Waals surface area (Å²) in [6, 6.07) is 2.34. The summed E-state index contributed by atoms with van der Waals surface area (Å²) in [4.78, 5) is 2.39. The van der Waals surface area contributed by atoms with E-state index in [2.05, 4.69) is 18.7 Å². The number of nitrogens with zero attached hydrogens (tertiary/aromatic N) is 1. The summed E-state index contributed by atoms with van der Waals surface area (Å²) in [5.41, 5.74) is 7.25. The lowest BCUT2D eigenvalue weighted by molar-refractivity contribution is 0.148. The lowest BCUT2D eigenvalue weighted by atomic mass is 9.96. The van der Waals surface area contributed by atoms with Gasteiger partial charge in [-0.05, 0) is 30.9 Å². The Kier molecular flexibility index (Phi) is 3.12.